The number of carbonyl (C=O) groups excluding carboxylic acids is 2. The first kappa shape index (κ1) is 35.9. The molecule has 3 fully saturated rings. The minimum Gasteiger partial charge on any atom is -0.481 e. The number of imidazole rings is 1. The number of halogens is 1. The third kappa shape index (κ3) is 6.11. The first-order valence-corrected chi connectivity index (χ1v) is 19.9. The average molecular weight is 801 g/mol. The zero-order valence-corrected chi connectivity index (χ0v) is 32.7. The van der Waals surface area contributed by atoms with Crippen LogP contribution in [0.2, 0.25) is 0 Å². The molecule has 5 aliphatic rings. The van der Waals surface area contributed by atoms with Gasteiger partial charge in [-0.2, -0.15) is 5.10 Å². The number of benzene rings is 1. The van der Waals surface area contributed by atoms with E-state index in [1.54, 1.807) is 47.1 Å². The lowest BCUT2D eigenvalue weighted by Crippen LogP contribution is -2.48. The molecular formula is C41H41FN12O5. The lowest BCUT2D eigenvalue weighted by molar-refractivity contribution is -0.141. The predicted molar refractivity (Wildman–Crippen MR) is 212 cm³/mol. The lowest BCUT2D eigenvalue weighted by Gasteiger charge is -2.33. The maximum atomic E-state index is 14.8. The van der Waals surface area contributed by atoms with Gasteiger partial charge in [0.25, 0.3) is 5.91 Å². The molecule has 6 aromatic rings. The molecule has 2 unspecified atom stereocenters. The molecule has 302 valence electrons. The van der Waals surface area contributed by atoms with Crippen LogP contribution in [0.25, 0.3) is 39.1 Å². The van der Waals surface area contributed by atoms with Crippen LogP contribution in [-0.2, 0) is 32.0 Å². The van der Waals surface area contributed by atoms with Crippen LogP contribution in [-0.4, -0.2) is 138 Å². The Hall–Kier alpha value is -6.27. The topological polar surface area (TPSA) is 171 Å². The third-order valence-electron chi connectivity index (χ3n) is 12.2. The van der Waals surface area contributed by atoms with Crippen LogP contribution in [0.1, 0.15) is 24.5 Å². The Morgan fingerprint density at radius 3 is 2.76 bits per heavy atom. The molecule has 4 aliphatic heterocycles. The second-order valence-electron chi connectivity index (χ2n) is 16.0. The summed E-state index contributed by atoms with van der Waals surface area (Å²) in [4.78, 5) is 58.6. The molecule has 17 nitrogen and oxygen atoms in total. The van der Waals surface area contributed by atoms with Gasteiger partial charge in [0.15, 0.2) is 17.9 Å². The summed E-state index contributed by atoms with van der Waals surface area (Å²) >= 11 is 0. The van der Waals surface area contributed by atoms with Crippen molar-refractivity contribution in [2.45, 2.75) is 69.2 Å². The summed E-state index contributed by atoms with van der Waals surface area (Å²) in [6.07, 6.45) is 4.09. The number of amides is 2. The molecule has 2 amide bonds. The number of rotatable bonds is 2. The van der Waals surface area contributed by atoms with Crippen LogP contribution < -0.4 is 15.0 Å². The average Bonchev–Trinajstić information content (AvgIpc) is 3.52. The molecule has 1 saturated carbocycles. The first-order chi connectivity index (χ1) is 28.7. The monoisotopic (exact) mass is 800 g/mol. The quantitative estimate of drug-likeness (QED) is 0.272. The van der Waals surface area contributed by atoms with Crippen molar-refractivity contribution in [2.24, 2.45) is 0 Å². The fourth-order valence-electron chi connectivity index (χ4n) is 9.25. The summed E-state index contributed by atoms with van der Waals surface area (Å²) in [6.45, 7) is 3.17. The predicted octanol–water partition coefficient (Wildman–Crippen LogP) is 2.92. The number of aryl methyl sites for hydroxylation is 1. The minimum atomic E-state index is -0.640. The minimum absolute atomic E-state index is 0.0229. The number of methoxy groups -OCH3 is 1. The van der Waals surface area contributed by atoms with Crippen LogP contribution in [0.4, 0.5) is 16.0 Å². The highest BCUT2D eigenvalue weighted by Crippen LogP contribution is 2.40. The normalized spacial score (nSPS) is 25.3. The molecule has 0 spiro atoms. The molecular weight excluding hydrogens is 760 g/mol. The highest BCUT2D eigenvalue weighted by molar-refractivity contribution is 5.93. The van der Waals surface area contributed by atoms with Crippen molar-refractivity contribution in [2.75, 3.05) is 50.6 Å². The van der Waals surface area contributed by atoms with E-state index in [4.69, 9.17) is 39.2 Å². The number of ether oxygens (including phenoxy) is 3. The zero-order valence-electron chi connectivity index (χ0n) is 32.7. The summed E-state index contributed by atoms with van der Waals surface area (Å²) < 4.78 is 36.9. The van der Waals surface area contributed by atoms with E-state index in [-0.39, 0.29) is 54.6 Å². The molecule has 8 bridgehead atoms. The maximum absolute atomic E-state index is 14.8. The smallest absolute Gasteiger partial charge is 0.260 e. The Labute approximate surface area is 337 Å². The molecule has 2 saturated heterocycles. The Kier molecular flexibility index (Phi) is 8.30. The largest absolute Gasteiger partial charge is 0.481 e. The molecule has 9 heterocycles. The summed E-state index contributed by atoms with van der Waals surface area (Å²) in [6, 6.07) is 11.1. The highest BCUT2D eigenvalue weighted by Gasteiger charge is 2.51. The van der Waals surface area contributed by atoms with E-state index in [1.807, 2.05) is 36.1 Å². The SMILES string of the molecule is CO[C@H]1CN(C)C(=O)[C@@H]2C[C@@H](CN2c2nc3nc4c2cnn4-c2ccc(F)cc2OCC(=O)N2C[C@@H](C3)OC3CC32)Nc2cccc(n2)-c2ccnc3nc(C)n(c23)C1. The summed E-state index contributed by atoms with van der Waals surface area (Å²) in [5.41, 5.74) is 3.99. The van der Waals surface area contributed by atoms with Gasteiger partial charge >= 0.3 is 0 Å². The highest BCUT2D eigenvalue weighted by atomic mass is 19.1. The number of fused-ring (bicyclic) bond motifs is 12. The van der Waals surface area contributed by atoms with Gasteiger partial charge in [-0.1, -0.05) is 6.07 Å². The maximum Gasteiger partial charge on any atom is 0.260 e. The van der Waals surface area contributed by atoms with E-state index in [0.29, 0.717) is 78.8 Å². The van der Waals surface area contributed by atoms with E-state index in [1.165, 1.54) is 12.1 Å². The molecule has 1 aromatic carbocycles. The zero-order chi connectivity index (χ0) is 40.1. The van der Waals surface area contributed by atoms with Gasteiger partial charge in [0.05, 0.1) is 53.7 Å². The second-order valence-corrected chi connectivity index (χ2v) is 16.0. The van der Waals surface area contributed by atoms with Crippen molar-refractivity contribution in [1.29, 1.82) is 0 Å². The number of morpholine rings is 1. The Morgan fingerprint density at radius 2 is 1.88 bits per heavy atom. The number of hydrogen-bond donors (Lipinski definition) is 1. The Bertz CT molecular complexity index is 2690. The number of hydrogen-bond acceptors (Lipinski definition) is 13. The molecule has 18 heteroatoms. The van der Waals surface area contributed by atoms with E-state index >= 15 is 0 Å². The van der Waals surface area contributed by atoms with Gasteiger partial charge in [-0.25, -0.2) is 34.0 Å². The van der Waals surface area contributed by atoms with Gasteiger partial charge in [0.2, 0.25) is 5.91 Å². The fourth-order valence-corrected chi connectivity index (χ4v) is 9.25. The van der Waals surface area contributed by atoms with Crippen molar-refractivity contribution in [1.82, 2.24) is 49.1 Å². The molecule has 5 aromatic heterocycles. The van der Waals surface area contributed by atoms with Gasteiger partial charge in [-0.05, 0) is 50.1 Å². The standard InChI is InChI=1S/C41H41FN12O5/c1-21-45-38-37-26(9-10-43-38)28-5-4-6-34(47-28)46-23-12-31(41(56)50(2)17-25(57-3)19-51(21)37)53(16-23)39-27-15-44-54-29-8-7-22(42)11-32(29)58-20-36(55)52-18-24(59-33-14-30(33)52)13-35(48-39)49-40(27)54/h4-11,15,23-25,30-31,33H,12-14,16-20H2,1-3H3,(H,46,47)/t23-,24+,25-,30?,31-,33?/m0/s1. The molecule has 0 radical (unpaired) electrons. The van der Waals surface area contributed by atoms with E-state index in [0.717, 1.165) is 29.0 Å². The Morgan fingerprint density at radius 1 is 0.983 bits per heavy atom. The number of nitrogens with zero attached hydrogens (tertiary/aromatic N) is 11. The number of pyridine rings is 2. The number of carbonyl (C=O) groups is 2. The van der Waals surface area contributed by atoms with Crippen LogP contribution >= 0.6 is 0 Å². The number of likely N-dealkylation sites (N-methyl/N-ethyl adjacent to an activating group) is 1. The molecule has 1 aliphatic carbocycles. The van der Waals surface area contributed by atoms with Gasteiger partial charge in [-0.3, -0.25) is 9.59 Å². The van der Waals surface area contributed by atoms with E-state index in [2.05, 4.69) is 14.9 Å². The molecule has 6 atom stereocenters. The Balaban J connectivity index is 1.03. The van der Waals surface area contributed by atoms with Gasteiger partial charge in [-0.15, -0.1) is 0 Å². The van der Waals surface area contributed by atoms with Gasteiger partial charge in [0.1, 0.15) is 46.6 Å². The van der Waals surface area contributed by atoms with Gasteiger partial charge < -0.3 is 38.8 Å². The number of anilines is 2. The fraction of sp³-hybridized carbons (Fsp3) is 0.415. The van der Waals surface area contributed by atoms with Crippen LogP contribution in [0.3, 0.4) is 0 Å². The van der Waals surface area contributed by atoms with Crippen molar-refractivity contribution in [3.05, 3.63) is 72.3 Å². The molecule has 11 rings (SSSR count). The summed E-state index contributed by atoms with van der Waals surface area (Å²) in [5.74, 6) is 1.78. The van der Waals surface area contributed by atoms with Crippen LogP contribution in [0.15, 0.2) is 54.9 Å². The summed E-state index contributed by atoms with van der Waals surface area (Å²) in [5, 5.41) is 8.98. The molecule has 1 N–H and O–H groups in total. The summed E-state index contributed by atoms with van der Waals surface area (Å²) in [7, 11) is 3.46. The van der Waals surface area contributed by atoms with Crippen molar-refractivity contribution in [3.63, 3.8) is 0 Å². The van der Waals surface area contributed by atoms with Crippen LogP contribution in [0.5, 0.6) is 5.75 Å². The number of nitrogens with one attached hydrogen (secondary N) is 1. The van der Waals surface area contributed by atoms with Gasteiger partial charge in [0, 0.05) is 64.1 Å². The van der Waals surface area contributed by atoms with E-state index < -0.39 is 11.9 Å². The molecule has 59 heavy (non-hydrogen) atoms. The van der Waals surface area contributed by atoms with E-state index in [9.17, 15) is 14.0 Å². The van der Waals surface area contributed by atoms with Crippen LogP contribution in [0, 0.1) is 12.7 Å². The van der Waals surface area contributed by atoms with Crippen molar-refractivity contribution < 1.29 is 28.2 Å². The first-order valence-electron chi connectivity index (χ1n) is 19.9. The van der Waals surface area contributed by atoms with Crippen molar-refractivity contribution >= 4 is 45.6 Å². The second kappa shape index (κ2) is 13.7. The third-order valence-corrected chi connectivity index (χ3v) is 12.2. The number of aromatic nitrogens is 8. The van der Waals surface area contributed by atoms with Crippen molar-refractivity contribution in [3.8, 4) is 22.7 Å². The lowest BCUT2D eigenvalue weighted by atomic mass is 10.1.